The van der Waals surface area contributed by atoms with E-state index in [1.165, 1.54) is 35.3 Å². The Kier molecular flexibility index (Phi) is 6.16. The Bertz CT molecular complexity index is 464. The van der Waals surface area contributed by atoms with Crippen molar-refractivity contribution in [3.63, 3.8) is 0 Å². The average molecular weight is 309 g/mol. The van der Waals surface area contributed by atoms with Gasteiger partial charge in [-0.25, -0.2) is 28.1 Å². The van der Waals surface area contributed by atoms with E-state index in [0.717, 1.165) is 13.7 Å². The van der Waals surface area contributed by atoms with Gasteiger partial charge in [-0.2, -0.15) is 0 Å². The highest BCUT2D eigenvalue weighted by Gasteiger charge is 2.14. The molecular weight excluding hydrogens is 294 g/mol. The van der Waals surface area contributed by atoms with Gasteiger partial charge in [0.1, 0.15) is 0 Å². The van der Waals surface area contributed by atoms with E-state index in [1.807, 2.05) is 0 Å². The van der Waals surface area contributed by atoms with E-state index >= 15 is 0 Å². The third-order valence-corrected chi connectivity index (χ3v) is 3.71. The molecule has 0 saturated heterocycles. The van der Waals surface area contributed by atoms with Gasteiger partial charge >= 0.3 is 17.1 Å². The summed E-state index contributed by atoms with van der Waals surface area (Å²) in [4.78, 5) is 36.1. The van der Waals surface area contributed by atoms with Gasteiger partial charge < -0.3 is 0 Å². The Hall–Kier alpha value is -0.540. The Morgan fingerprint density at radius 2 is 0.889 bits per heavy atom. The number of hydrogen-bond donors (Lipinski definition) is 0. The number of aromatic nitrogens is 3. The topological polar surface area (TPSA) is 66.0 Å². The van der Waals surface area contributed by atoms with Crippen LogP contribution in [0.3, 0.4) is 0 Å². The van der Waals surface area contributed by atoms with Crippen LogP contribution in [0.4, 0.5) is 0 Å². The summed E-state index contributed by atoms with van der Waals surface area (Å²) in [6.07, 6.45) is 5.40. The van der Waals surface area contributed by atoms with E-state index in [2.05, 4.69) is 0 Å². The maximum absolute atomic E-state index is 12.0. The van der Waals surface area contributed by atoms with Crippen molar-refractivity contribution < 1.29 is 0 Å². The predicted octanol–water partition coefficient (Wildman–Crippen LogP) is 0.133. The Labute approximate surface area is 117 Å². The molecule has 0 N–H and O–H groups in total. The molecule has 0 saturated carbocycles. The fourth-order valence-corrected chi connectivity index (χ4v) is 2.84. The van der Waals surface area contributed by atoms with Crippen LogP contribution in [0.25, 0.3) is 0 Å². The van der Waals surface area contributed by atoms with Gasteiger partial charge in [-0.15, -0.1) is 35.3 Å². The summed E-state index contributed by atoms with van der Waals surface area (Å²) < 4.78 is 3.29. The first kappa shape index (κ1) is 15.5. The second-order valence-corrected chi connectivity index (χ2v) is 5.89. The second-order valence-electron chi connectivity index (χ2n) is 3.39. The summed E-state index contributed by atoms with van der Waals surface area (Å²) in [5.74, 6) is 0.752. The highest BCUT2D eigenvalue weighted by atomic mass is 32.2. The number of hydrogen-bond acceptors (Lipinski definition) is 6. The van der Waals surface area contributed by atoms with Crippen LogP contribution in [0.5, 0.6) is 0 Å². The van der Waals surface area contributed by atoms with E-state index in [0.29, 0.717) is 0 Å². The molecule has 0 fully saturated rings. The molecule has 18 heavy (non-hydrogen) atoms. The monoisotopic (exact) mass is 309 g/mol. The first-order valence-corrected chi connectivity index (χ1v) is 9.18. The van der Waals surface area contributed by atoms with Crippen molar-refractivity contribution in [1.82, 2.24) is 13.7 Å². The highest BCUT2D eigenvalue weighted by molar-refractivity contribution is 7.98. The third-order valence-electron chi connectivity index (χ3n) is 2.16. The third kappa shape index (κ3) is 3.07. The molecule has 9 heteroatoms. The lowest BCUT2D eigenvalue weighted by atomic mass is 10.8. The molecule has 0 spiro atoms. The zero-order valence-electron chi connectivity index (χ0n) is 10.4. The molecule has 6 nitrogen and oxygen atoms in total. The minimum Gasteiger partial charge on any atom is -0.247 e. The zero-order chi connectivity index (χ0) is 13.7. The van der Waals surface area contributed by atoms with Crippen molar-refractivity contribution >= 4 is 35.3 Å². The fraction of sp³-hybridized carbons (Fsp3) is 0.667. The molecule has 102 valence electrons. The van der Waals surface area contributed by atoms with Gasteiger partial charge in [0.25, 0.3) is 0 Å². The van der Waals surface area contributed by atoms with Crippen molar-refractivity contribution in [2.75, 3.05) is 18.8 Å². The first-order valence-electron chi connectivity index (χ1n) is 4.99. The van der Waals surface area contributed by atoms with Crippen LogP contribution in [0.15, 0.2) is 14.4 Å². The molecule has 1 heterocycles. The number of thioether (sulfide) groups is 3. The lowest BCUT2D eigenvalue weighted by Gasteiger charge is -2.11. The molecular formula is C9H15N3O3S3. The Morgan fingerprint density at radius 3 is 1.06 bits per heavy atom. The summed E-state index contributed by atoms with van der Waals surface area (Å²) in [7, 11) is 0. The maximum Gasteiger partial charge on any atom is 0.337 e. The largest absolute Gasteiger partial charge is 0.337 e. The highest BCUT2D eigenvalue weighted by Crippen LogP contribution is 1.97. The standard InChI is InChI=1S/C9H15N3O3S3/c1-16-4-10-7(13)11(5-17-2)9(15)12(6-18-3)8(10)14/h4-6H2,1-3H3. The van der Waals surface area contributed by atoms with Gasteiger partial charge in [-0.3, -0.25) is 0 Å². The number of rotatable bonds is 6. The summed E-state index contributed by atoms with van der Waals surface area (Å²) in [6.45, 7) is 0. The van der Waals surface area contributed by atoms with Crippen LogP contribution < -0.4 is 17.1 Å². The van der Waals surface area contributed by atoms with Crippen molar-refractivity contribution in [1.29, 1.82) is 0 Å². The lowest BCUT2D eigenvalue weighted by Crippen LogP contribution is -2.53. The fourth-order valence-electron chi connectivity index (χ4n) is 1.40. The van der Waals surface area contributed by atoms with E-state index in [4.69, 9.17) is 0 Å². The first-order chi connectivity index (χ1) is 8.58. The molecule has 1 aromatic rings. The van der Waals surface area contributed by atoms with Gasteiger partial charge in [0.05, 0.1) is 17.6 Å². The van der Waals surface area contributed by atoms with Crippen LogP contribution in [-0.2, 0) is 17.6 Å². The molecule has 0 radical (unpaired) electrons. The summed E-state index contributed by atoms with van der Waals surface area (Å²) >= 11 is 4.09. The van der Waals surface area contributed by atoms with Gasteiger partial charge in [0, 0.05) is 0 Å². The SMILES string of the molecule is CSCn1c(=O)n(CSC)c(=O)n(CSC)c1=O. The molecule has 0 bridgehead atoms. The van der Waals surface area contributed by atoms with Gasteiger partial charge in [0.15, 0.2) is 0 Å². The molecule has 0 aromatic carbocycles. The maximum atomic E-state index is 12.0. The molecule has 0 aliphatic rings. The number of nitrogens with zero attached hydrogens (tertiary/aromatic N) is 3. The van der Waals surface area contributed by atoms with E-state index in [-0.39, 0.29) is 17.6 Å². The van der Waals surface area contributed by atoms with E-state index in [9.17, 15) is 14.4 Å². The Balaban J connectivity index is 3.59. The Morgan fingerprint density at radius 1 is 0.667 bits per heavy atom. The van der Waals surface area contributed by atoms with Gasteiger partial charge in [0.2, 0.25) is 0 Å². The molecule has 0 aliphatic heterocycles. The van der Waals surface area contributed by atoms with Crippen LogP contribution in [0.2, 0.25) is 0 Å². The van der Waals surface area contributed by atoms with Crippen molar-refractivity contribution in [2.24, 2.45) is 0 Å². The van der Waals surface area contributed by atoms with E-state index < -0.39 is 17.1 Å². The van der Waals surface area contributed by atoms with Crippen LogP contribution in [-0.4, -0.2) is 32.5 Å². The summed E-state index contributed by atoms with van der Waals surface area (Å²) in [6, 6.07) is 0. The zero-order valence-corrected chi connectivity index (χ0v) is 12.9. The molecule has 1 aromatic heterocycles. The molecule has 0 aliphatic carbocycles. The van der Waals surface area contributed by atoms with Crippen molar-refractivity contribution in [3.05, 3.63) is 31.5 Å². The normalized spacial score (nSPS) is 10.8. The van der Waals surface area contributed by atoms with Crippen molar-refractivity contribution in [3.8, 4) is 0 Å². The van der Waals surface area contributed by atoms with Gasteiger partial charge in [-0.05, 0) is 18.8 Å². The predicted molar refractivity (Wildman–Crippen MR) is 79.8 cm³/mol. The second kappa shape index (κ2) is 7.15. The van der Waals surface area contributed by atoms with Crippen LogP contribution in [0, 0.1) is 0 Å². The summed E-state index contributed by atoms with van der Waals surface area (Å²) in [5, 5.41) is 0. The molecule has 0 atom stereocenters. The van der Waals surface area contributed by atoms with Crippen LogP contribution in [0.1, 0.15) is 0 Å². The molecule has 0 amide bonds. The minimum atomic E-state index is -0.536. The average Bonchev–Trinajstić information content (AvgIpc) is 2.35. The lowest BCUT2D eigenvalue weighted by molar-refractivity contribution is 0.539. The summed E-state index contributed by atoms with van der Waals surface area (Å²) in [5.41, 5.74) is -1.61. The minimum absolute atomic E-state index is 0.251. The van der Waals surface area contributed by atoms with Gasteiger partial charge in [-0.1, -0.05) is 0 Å². The van der Waals surface area contributed by atoms with Crippen molar-refractivity contribution in [2.45, 2.75) is 17.6 Å². The smallest absolute Gasteiger partial charge is 0.247 e. The molecule has 0 unspecified atom stereocenters. The van der Waals surface area contributed by atoms with Crippen LogP contribution >= 0.6 is 35.3 Å². The quantitative estimate of drug-likeness (QED) is 0.744. The van der Waals surface area contributed by atoms with E-state index in [1.54, 1.807) is 18.8 Å². The molecule has 1 rings (SSSR count).